The summed E-state index contributed by atoms with van der Waals surface area (Å²) in [5.41, 5.74) is 4.77. The molecule has 2 atom stereocenters. The summed E-state index contributed by atoms with van der Waals surface area (Å²) in [6.07, 6.45) is 2.67. The van der Waals surface area contributed by atoms with Crippen molar-refractivity contribution in [3.63, 3.8) is 0 Å². The number of nitrogens with zero attached hydrogens (tertiary/aromatic N) is 3. The number of hydrogen-bond donors (Lipinski definition) is 2. The Labute approximate surface area is 206 Å². The van der Waals surface area contributed by atoms with E-state index >= 15 is 0 Å². The quantitative estimate of drug-likeness (QED) is 0.556. The molecule has 2 N–H and O–H groups in total. The van der Waals surface area contributed by atoms with E-state index in [4.69, 9.17) is 16.3 Å². The molecule has 8 nitrogen and oxygen atoms in total. The van der Waals surface area contributed by atoms with Crippen LogP contribution in [-0.4, -0.2) is 58.6 Å². The van der Waals surface area contributed by atoms with Crippen LogP contribution in [-0.2, 0) is 22.5 Å². The third kappa shape index (κ3) is 4.65. The number of carbonyl (C=O) groups is 2. The van der Waals surface area contributed by atoms with Gasteiger partial charge in [-0.05, 0) is 43.2 Å². The summed E-state index contributed by atoms with van der Waals surface area (Å²) in [4.78, 5) is 36.0. The van der Waals surface area contributed by atoms with Crippen molar-refractivity contribution in [3.8, 4) is 11.3 Å². The van der Waals surface area contributed by atoms with Crippen LogP contribution in [0.2, 0.25) is 5.02 Å². The number of amides is 3. The van der Waals surface area contributed by atoms with E-state index in [9.17, 15) is 9.59 Å². The average Bonchev–Trinajstić information content (AvgIpc) is 3.21. The number of urea groups is 1. The third-order valence-corrected chi connectivity index (χ3v) is 7.54. The molecule has 3 aromatic rings. The maximum atomic E-state index is 12.4. The van der Waals surface area contributed by atoms with E-state index in [0.29, 0.717) is 18.1 Å². The van der Waals surface area contributed by atoms with E-state index < -0.39 is 0 Å². The number of halogens is 1. The lowest BCUT2D eigenvalue weighted by Gasteiger charge is -2.29. The molecule has 3 amide bonds. The van der Waals surface area contributed by atoms with Crippen LogP contribution in [0.15, 0.2) is 24.5 Å². The third-order valence-electron chi connectivity index (χ3n) is 6.20. The Hall–Kier alpha value is -2.59. The molecule has 2 fully saturated rings. The number of imide groups is 1. The first-order chi connectivity index (χ1) is 16.4. The highest BCUT2D eigenvalue weighted by molar-refractivity contribution is 7.19. The normalized spacial score (nSPS) is 21.2. The molecule has 2 aromatic heterocycles. The molecule has 2 aliphatic rings. The number of aryl methyl sites for hydroxylation is 1. The van der Waals surface area contributed by atoms with Crippen molar-refractivity contribution < 1.29 is 14.3 Å². The number of thiophene rings is 1. The summed E-state index contributed by atoms with van der Waals surface area (Å²) >= 11 is 7.97. The van der Waals surface area contributed by atoms with Gasteiger partial charge in [0.15, 0.2) is 0 Å². The van der Waals surface area contributed by atoms with Gasteiger partial charge in [-0.1, -0.05) is 11.6 Å². The first-order valence-electron chi connectivity index (χ1n) is 11.3. The summed E-state index contributed by atoms with van der Waals surface area (Å²) < 4.78 is 6.86. The lowest BCUT2D eigenvalue weighted by Crippen LogP contribution is -2.53. The van der Waals surface area contributed by atoms with E-state index in [-0.39, 0.29) is 30.6 Å². The zero-order chi connectivity index (χ0) is 23.8. The Balaban J connectivity index is 1.52. The molecular formula is C24H26ClN5O3S. The number of fused-ring (bicyclic) bond motifs is 1. The molecule has 10 heteroatoms. The van der Waals surface area contributed by atoms with Crippen LogP contribution in [0.5, 0.6) is 0 Å². The molecule has 4 heterocycles. The van der Waals surface area contributed by atoms with Gasteiger partial charge in [-0.25, -0.2) is 14.8 Å². The van der Waals surface area contributed by atoms with Crippen LogP contribution in [0.1, 0.15) is 29.3 Å². The molecule has 1 aromatic carbocycles. The van der Waals surface area contributed by atoms with Crippen LogP contribution < -0.4 is 10.6 Å². The summed E-state index contributed by atoms with van der Waals surface area (Å²) in [6.45, 7) is 6.45. The Morgan fingerprint density at radius 3 is 2.88 bits per heavy atom. The van der Waals surface area contributed by atoms with Gasteiger partial charge in [-0.3, -0.25) is 9.69 Å². The highest BCUT2D eigenvalue weighted by atomic mass is 35.5. The maximum Gasteiger partial charge on any atom is 0.324 e. The Kier molecular flexibility index (Phi) is 6.52. The predicted molar refractivity (Wildman–Crippen MR) is 132 cm³/mol. The van der Waals surface area contributed by atoms with Gasteiger partial charge in [0.25, 0.3) is 0 Å². The second-order valence-electron chi connectivity index (χ2n) is 8.83. The summed E-state index contributed by atoms with van der Waals surface area (Å²) in [7, 11) is 0. The predicted octanol–water partition coefficient (Wildman–Crippen LogP) is 3.68. The minimum Gasteiger partial charge on any atom is -0.375 e. The first kappa shape index (κ1) is 23.2. The van der Waals surface area contributed by atoms with Gasteiger partial charge in [-0.2, -0.15) is 0 Å². The Morgan fingerprint density at radius 1 is 1.26 bits per heavy atom. The number of ether oxygens (including phenoxy) is 1. The monoisotopic (exact) mass is 499 g/mol. The van der Waals surface area contributed by atoms with Gasteiger partial charge in [0.1, 0.15) is 6.33 Å². The van der Waals surface area contributed by atoms with Gasteiger partial charge in [0, 0.05) is 47.4 Å². The van der Waals surface area contributed by atoms with E-state index in [1.165, 1.54) is 16.2 Å². The van der Waals surface area contributed by atoms with Crippen LogP contribution in [0.3, 0.4) is 0 Å². The highest BCUT2D eigenvalue weighted by Crippen LogP contribution is 2.37. The number of morpholine rings is 1. The lowest BCUT2D eigenvalue weighted by molar-refractivity contribution is -0.130. The smallest absolute Gasteiger partial charge is 0.324 e. The van der Waals surface area contributed by atoms with E-state index in [0.717, 1.165) is 57.0 Å². The van der Waals surface area contributed by atoms with E-state index in [2.05, 4.69) is 27.5 Å². The zero-order valence-corrected chi connectivity index (χ0v) is 20.6. The molecule has 2 aliphatic heterocycles. The van der Waals surface area contributed by atoms with E-state index in [1.807, 2.05) is 25.1 Å². The lowest BCUT2D eigenvalue weighted by atomic mass is 9.94. The summed E-state index contributed by atoms with van der Waals surface area (Å²) in [5.74, 6) is -0.172. The molecule has 178 valence electrons. The zero-order valence-electron chi connectivity index (χ0n) is 19.1. The van der Waals surface area contributed by atoms with Gasteiger partial charge >= 0.3 is 6.03 Å². The molecule has 2 saturated heterocycles. The van der Waals surface area contributed by atoms with Crippen LogP contribution in [0.25, 0.3) is 21.5 Å². The number of rotatable bonds is 5. The second kappa shape index (κ2) is 9.58. The van der Waals surface area contributed by atoms with Crippen LogP contribution in [0, 0.1) is 6.92 Å². The van der Waals surface area contributed by atoms with Crippen molar-refractivity contribution in [1.29, 1.82) is 0 Å². The fourth-order valence-corrected chi connectivity index (χ4v) is 5.92. The number of aromatic nitrogens is 2. The van der Waals surface area contributed by atoms with Crippen molar-refractivity contribution in [2.75, 3.05) is 19.7 Å². The minimum atomic E-state index is -0.360. The molecule has 5 rings (SSSR count). The van der Waals surface area contributed by atoms with E-state index in [1.54, 1.807) is 6.33 Å². The Morgan fingerprint density at radius 2 is 2.12 bits per heavy atom. The van der Waals surface area contributed by atoms with Crippen LogP contribution in [0.4, 0.5) is 4.79 Å². The maximum absolute atomic E-state index is 12.4. The number of benzene rings is 1. The summed E-state index contributed by atoms with van der Waals surface area (Å²) in [6, 6.07) is 5.33. The van der Waals surface area contributed by atoms with Crippen molar-refractivity contribution in [2.24, 2.45) is 0 Å². The van der Waals surface area contributed by atoms with Gasteiger partial charge in [0.2, 0.25) is 5.91 Å². The van der Waals surface area contributed by atoms with Gasteiger partial charge in [-0.15, -0.1) is 11.3 Å². The van der Waals surface area contributed by atoms with Gasteiger partial charge in [0.05, 0.1) is 35.2 Å². The standard InChI is InChI=1S/C24H26ClN5O3S/c1-13-5-15(25)7-19(18(13)8-16-10-26-3-4-33-16)22-23-20(27-12-28-22)9-17(34-23)11-30-21(31)6-14(2)29-24(30)32/h5,7,9,12,14,16,26H,3-4,6,8,10-11H2,1-2H3,(H,29,32)/t14?,16-/m1/s1. The van der Waals surface area contributed by atoms with Crippen LogP contribution >= 0.6 is 22.9 Å². The number of hydrogen-bond acceptors (Lipinski definition) is 7. The van der Waals surface area contributed by atoms with Gasteiger partial charge < -0.3 is 15.4 Å². The molecule has 0 aliphatic carbocycles. The average molecular weight is 500 g/mol. The number of carbonyl (C=O) groups excluding carboxylic acids is 2. The highest BCUT2D eigenvalue weighted by Gasteiger charge is 2.30. The van der Waals surface area contributed by atoms with Crippen molar-refractivity contribution in [1.82, 2.24) is 25.5 Å². The molecule has 0 spiro atoms. The molecule has 0 bridgehead atoms. The first-order valence-corrected chi connectivity index (χ1v) is 12.5. The molecule has 0 saturated carbocycles. The molecule has 34 heavy (non-hydrogen) atoms. The second-order valence-corrected chi connectivity index (χ2v) is 10.4. The van der Waals surface area contributed by atoms with Crippen molar-refractivity contribution in [3.05, 3.63) is 45.6 Å². The SMILES string of the molecule is Cc1cc(Cl)cc(-c2ncnc3cc(CN4C(=O)CC(C)NC4=O)sc23)c1C[C@@H]1CNCCO1. The fraction of sp³-hybridized carbons (Fsp3) is 0.417. The largest absolute Gasteiger partial charge is 0.375 e. The Bertz CT molecular complexity index is 1240. The minimum absolute atomic E-state index is 0.0784. The van der Waals surface area contributed by atoms with Crippen molar-refractivity contribution in [2.45, 2.75) is 45.4 Å². The number of nitrogens with one attached hydrogen (secondary N) is 2. The fourth-order valence-electron chi connectivity index (χ4n) is 4.55. The molecular weight excluding hydrogens is 474 g/mol. The molecule has 1 unspecified atom stereocenters. The van der Waals surface area contributed by atoms with Crippen molar-refractivity contribution >= 4 is 45.1 Å². The summed E-state index contributed by atoms with van der Waals surface area (Å²) in [5, 5.41) is 6.85. The topological polar surface area (TPSA) is 96.5 Å². The molecule has 0 radical (unpaired) electrons.